The Morgan fingerprint density at radius 3 is 2.68 bits per heavy atom. The van der Waals surface area contributed by atoms with Crippen molar-refractivity contribution < 1.29 is 14.8 Å². The van der Waals surface area contributed by atoms with Gasteiger partial charge in [0.25, 0.3) is 5.69 Å². The van der Waals surface area contributed by atoms with Crippen molar-refractivity contribution in [3.05, 3.63) is 63.1 Å². The van der Waals surface area contributed by atoms with Gasteiger partial charge in [-0.15, -0.1) is 0 Å². The summed E-state index contributed by atoms with van der Waals surface area (Å²) in [6, 6.07) is 5.23. The molecular weight excluding hydrogens is 362 g/mol. The molecule has 0 amide bonds. The molecule has 0 aliphatic carbocycles. The molecule has 0 saturated heterocycles. The molecule has 9 nitrogen and oxygen atoms in total. The molecule has 0 spiro atoms. The Morgan fingerprint density at radius 2 is 2.11 bits per heavy atom. The number of nitrogens with one attached hydrogen (secondary N) is 1. The van der Waals surface area contributed by atoms with Gasteiger partial charge in [0.2, 0.25) is 5.95 Å². The first-order valence-corrected chi connectivity index (χ1v) is 9.05. The molecule has 28 heavy (non-hydrogen) atoms. The van der Waals surface area contributed by atoms with Gasteiger partial charge in [0.05, 0.1) is 34.0 Å². The summed E-state index contributed by atoms with van der Waals surface area (Å²) in [5, 5.41) is 24.2. The van der Waals surface area contributed by atoms with Crippen LogP contribution in [0.15, 0.2) is 41.7 Å². The fourth-order valence-electron chi connectivity index (χ4n) is 3.67. The number of non-ortho nitro benzene ring substituents is 1. The molecule has 0 bridgehead atoms. The Hall–Kier alpha value is -3.20. The number of hydrogen-bond acceptors (Lipinski definition) is 6. The first kappa shape index (κ1) is 19.6. The van der Waals surface area contributed by atoms with Crippen LogP contribution in [0.4, 0.5) is 11.6 Å². The molecule has 0 radical (unpaired) electrons. The summed E-state index contributed by atoms with van der Waals surface area (Å²) < 4.78 is 1.75. The Morgan fingerprint density at radius 1 is 1.43 bits per heavy atom. The summed E-state index contributed by atoms with van der Waals surface area (Å²) in [5.74, 6) is -0.645. The monoisotopic (exact) mass is 385 g/mol. The summed E-state index contributed by atoms with van der Waals surface area (Å²) >= 11 is 0. The number of rotatable bonds is 6. The van der Waals surface area contributed by atoms with E-state index in [1.165, 1.54) is 12.1 Å². The van der Waals surface area contributed by atoms with Crippen molar-refractivity contribution in [3.63, 3.8) is 0 Å². The summed E-state index contributed by atoms with van der Waals surface area (Å²) in [7, 11) is 0. The van der Waals surface area contributed by atoms with Crippen molar-refractivity contribution in [2.45, 2.75) is 45.2 Å². The van der Waals surface area contributed by atoms with Gasteiger partial charge in [-0.1, -0.05) is 26.0 Å². The fraction of sp³-hybridized carbons (Fsp3) is 0.368. The van der Waals surface area contributed by atoms with Crippen LogP contribution in [0.2, 0.25) is 0 Å². The minimum atomic E-state index is -1.11. The smallest absolute Gasteiger partial charge is 0.335 e. The quantitative estimate of drug-likeness (QED) is 0.513. The van der Waals surface area contributed by atoms with Crippen molar-refractivity contribution in [2.75, 3.05) is 5.32 Å². The molecule has 1 atom stereocenters. The number of nitrogens with two attached hydrogens (primary N) is 1. The predicted molar refractivity (Wildman–Crippen MR) is 104 cm³/mol. The van der Waals surface area contributed by atoms with Gasteiger partial charge in [0.15, 0.2) is 0 Å². The molecule has 9 heteroatoms. The molecule has 1 aliphatic rings. The third-order valence-electron chi connectivity index (χ3n) is 5.43. The lowest BCUT2D eigenvalue weighted by Crippen LogP contribution is -2.40. The van der Waals surface area contributed by atoms with Crippen LogP contribution >= 0.6 is 0 Å². The SMILES string of the molecule is CCC(N)(CC)c1cnc2n1C(c1cccc([N+](=O)[O-])c1)C(C(=O)O)=C(C)N2. The topological polar surface area (TPSA) is 136 Å². The maximum atomic E-state index is 12.1. The highest BCUT2D eigenvalue weighted by Crippen LogP contribution is 2.41. The molecule has 0 saturated carbocycles. The first-order valence-electron chi connectivity index (χ1n) is 9.05. The predicted octanol–water partition coefficient (Wildman–Crippen LogP) is 3.14. The molecule has 1 aliphatic heterocycles. The number of carbonyl (C=O) groups is 1. The number of carboxylic acids is 1. The zero-order chi connectivity index (χ0) is 20.6. The average Bonchev–Trinajstić information content (AvgIpc) is 3.10. The molecule has 2 aromatic rings. The van der Waals surface area contributed by atoms with Crippen LogP contribution in [0.3, 0.4) is 0 Å². The van der Waals surface area contributed by atoms with Crippen molar-refractivity contribution in [3.8, 4) is 0 Å². The number of nitrogens with zero attached hydrogens (tertiary/aromatic N) is 3. The van der Waals surface area contributed by atoms with Gasteiger partial charge in [-0.05, 0) is 25.3 Å². The number of allylic oxidation sites excluding steroid dienone is 1. The highest BCUT2D eigenvalue weighted by molar-refractivity contribution is 5.91. The normalized spacial score (nSPS) is 16.5. The second kappa shape index (κ2) is 7.08. The molecule has 1 unspecified atom stereocenters. The van der Waals surface area contributed by atoms with Gasteiger partial charge in [-0.3, -0.25) is 10.1 Å². The number of aromatic nitrogens is 2. The Balaban J connectivity index is 2.30. The van der Waals surface area contributed by atoms with Crippen LogP contribution in [-0.2, 0) is 10.3 Å². The first-order chi connectivity index (χ1) is 13.2. The molecule has 0 fully saturated rings. The van der Waals surface area contributed by atoms with Gasteiger partial charge in [0, 0.05) is 17.8 Å². The Bertz CT molecular complexity index is 974. The highest BCUT2D eigenvalue weighted by atomic mass is 16.6. The molecule has 2 heterocycles. The maximum Gasteiger partial charge on any atom is 0.335 e. The van der Waals surface area contributed by atoms with Crippen molar-refractivity contribution >= 4 is 17.6 Å². The third kappa shape index (κ3) is 3.03. The van der Waals surface area contributed by atoms with E-state index in [1.807, 2.05) is 13.8 Å². The third-order valence-corrected chi connectivity index (χ3v) is 5.43. The van der Waals surface area contributed by atoms with E-state index in [1.54, 1.807) is 29.8 Å². The fourth-order valence-corrected chi connectivity index (χ4v) is 3.67. The van der Waals surface area contributed by atoms with Gasteiger partial charge in [0.1, 0.15) is 0 Å². The Kier molecular flexibility index (Phi) is 4.95. The average molecular weight is 385 g/mol. The number of aliphatic carboxylic acids is 1. The summed E-state index contributed by atoms with van der Waals surface area (Å²) in [4.78, 5) is 27.3. The largest absolute Gasteiger partial charge is 0.478 e. The zero-order valence-corrected chi connectivity index (χ0v) is 16.0. The molecule has 4 N–H and O–H groups in total. The number of imidazole rings is 1. The van der Waals surface area contributed by atoms with Gasteiger partial charge in [-0.25, -0.2) is 9.78 Å². The molecule has 1 aromatic carbocycles. The second-order valence-corrected chi connectivity index (χ2v) is 6.92. The number of fused-ring (bicyclic) bond motifs is 1. The number of benzene rings is 1. The van der Waals surface area contributed by atoms with Crippen LogP contribution in [0.25, 0.3) is 0 Å². The van der Waals surface area contributed by atoms with Crippen LogP contribution in [-0.4, -0.2) is 25.6 Å². The van der Waals surface area contributed by atoms with Crippen LogP contribution < -0.4 is 11.1 Å². The lowest BCUT2D eigenvalue weighted by molar-refractivity contribution is -0.384. The van der Waals surface area contributed by atoms with Crippen molar-refractivity contribution in [1.82, 2.24) is 9.55 Å². The minimum Gasteiger partial charge on any atom is -0.478 e. The van der Waals surface area contributed by atoms with Gasteiger partial charge >= 0.3 is 5.97 Å². The van der Waals surface area contributed by atoms with E-state index in [-0.39, 0.29) is 11.3 Å². The number of nitro benzene ring substituents is 1. The second-order valence-electron chi connectivity index (χ2n) is 6.92. The van der Waals surface area contributed by atoms with Crippen molar-refractivity contribution in [1.29, 1.82) is 0 Å². The highest BCUT2D eigenvalue weighted by Gasteiger charge is 2.38. The lowest BCUT2D eigenvalue weighted by Gasteiger charge is -2.35. The summed E-state index contributed by atoms with van der Waals surface area (Å²) in [6.45, 7) is 5.57. The summed E-state index contributed by atoms with van der Waals surface area (Å²) in [6.07, 6.45) is 2.90. The molecular formula is C19H23N5O4. The van der Waals surface area contributed by atoms with E-state index >= 15 is 0 Å². The van der Waals surface area contributed by atoms with E-state index in [0.29, 0.717) is 35.7 Å². The number of nitro groups is 1. The van der Waals surface area contributed by atoms with E-state index < -0.39 is 22.5 Å². The van der Waals surface area contributed by atoms with Gasteiger partial charge < -0.3 is 20.7 Å². The molecule has 3 rings (SSSR count). The zero-order valence-electron chi connectivity index (χ0n) is 16.0. The summed E-state index contributed by atoms with van der Waals surface area (Å²) in [5.41, 5.74) is 7.49. The van der Waals surface area contributed by atoms with Crippen LogP contribution in [0.5, 0.6) is 0 Å². The number of carboxylic acid groups (broad SMARTS) is 1. The standard InChI is InChI=1S/C19H23N5O4/c1-4-19(20,5-2)14-10-21-18-22-11(3)15(17(25)26)16(23(14)18)12-7-6-8-13(9-12)24(27)28/h6-10,16H,4-5,20H2,1-3H3,(H,21,22)(H,25,26). The maximum absolute atomic E-state index is 12.1. The number of anilines is 1. The Labute approximate surface area is 162 Å². The van der Waals surface area contributed by atoms with Crippen LogP contribution in [0, 0.1) is 10.1 Å². The lowest BCUT2D eigenvalue weighted by atomic mass is 9.88. The molecule has 1 aromatic heterocycles. The van der Waals surface area contributed by atoms with Crippen LogP contribution in [0.1, 0.15) is 50.9 Å². The van der Waals surface area contributed by atoms with E-state index in [9.17, 15) is 20.0 Å². The van der Waals surface area contributed by atoms with E-state index in [4.69, 9.17) is 5.73 Å². The minimum absolute atomic E-state index is 0.0989. The van der Waals surface area contributed by atoms with E-state index in [2.05, 4.69) is 10.3 Å². The van der Waals surface area contributed by atoms with Crippen molar-refractivity contribution in [2.24, 2.45) is 5.73 Å². The number of hydrogen-bond donors (Lipinski definition) is 3. The molecule has 148 valence electrons. The van der Waals surface area contributed by atoms with E-state index in [0.717, 1.165) is 0 Å². The van der Waals surface area contributed by atoms with Gasteiger partial charge in [-0.2, -0.15) is 0 Å².